The van der Waals surface area contributed by atoms with Gasteiger partial charge in [0.05, 0.1) is 0 Å². The Morgan fingerprint density at radius 3 is 2.82 bits per heavy atom. The van der Waals surface area contributed by atoms with Crippen LogP contribution in [0.4, 0.5) is 0 Å². The largest absolute Gasteiger partial charge is 0.319 e. The molecule has 0 aliphatic heterocycles. The first-order chi connectivity index (χ1) is 5.31. The molecule has 0 aliphatic carbocycles. The third kappa shape index (κ3) is 7.82. The summed E-state index contributed by atoms with van der Waals surface area (Å²) in [5, 5.41) is 3.09. The first-order valence-corrected chi connectivity index (χ1v) is 4.77. The van der Waals surface area contributed by atoms with Gasteiger partial charge in [0.25, 0.3) is 0 Å². The summed E-state index contributed by atoms with van der Waals surface area (Å²) in [6.45, 7) is 3.17. The Balaban J connectivity index is 3.48. The number of halogens is 1. The van der Waals surface area contributed by atoms with Gasteiger partial charge in [-0.3, -0.25) is 0 Å². The summed E-state index contributed by atoms with van der Waals surface area (Å²) in [4.78, 5) is 0. The lowest BCUT2D eigenvalue weighted by molar-refractivity contribution is 0.808. The lowest BCUT2D eigenvalue weighted by atomic mass is 10.3. The zero-order valence-electron chi connectivity index (χ0n) is 7.23. The predicted molar refractivity (Wildman–Crippen MR) is 55.0 cm³/mol. The number of hydrogen-bond donors (Lipinski definition) is 1. The smallest absolute Gasteiger partial charge is 0.0132 e. The van der Waals surface area contributed by atoms with E-state index in [9.17, 15) is 0 Å². The molecule has 0 atom stereocenters. The number of nitrogens with one attached hydrogen (secondary N) is 1. The summed E-state index contributed by atoms with van der Waals surface area (Å²) < 4.78 is 1.18. The number of allylic oxidation sites excluding steroid dienone is 3. The van der Waals surface area contributed by atoms with E-state index in [1.165, 1.54) is 4.48 Å². The molecule has 2 heteroatoms. The van der Waals surface area contributed by atoms with Crippen LogP contribution in [0.3, 0.4) is 0 Å². The molecule has 0 heterocycles. The van der Waals surface area contributed by atoms with E-state index < -0.39 is 0 Å². The molecule has 0 radical (unpaired) electrons. The topological polar surface area (TPSA) is 12.0 Å². The maximum Gasteiger partial charge on any atom is 0.0132 e. The molecular weight excluding hydrogens is 202 g/mol. The first-order valence-electron chi connectivity index (χ1n) is 3.98. The summed E-state index contributed by atoms with van der Waals surface area (Å²) in [7, 11) is 1.96. The average molecular weight is 218 g/mol. The molecular formula is C9H16BrN. The van der Waals surface area contributed by atoms with Gasteiger partial charge in [0.2, 0.25) is 0 Å². The quantitative estimate of drug-likeness (QED) is 0.552. The minimum Gasteiger partial charge on any atom is -0.319 e. The van der Waals surface area contributed by atoms with Crippen molar-refractivity contribution in [3.63, 3.8) is 0 Å². The molecule has 1 N–H and O–H groups in total. The Kier molecular flexibility index (Phi) is 7.96. The van der Waals surface area contributed by atoms with E-state index >= 15 is 0 Å². The maximum atomic E-state index is 3.44. The second-order valence-electron chi connectivity index (χ2n) is 2.29. The summed E-state index contributed by atoms with van der Waals surface area (Å²) in [6.07, 6.45) is 8.57. The monoisotopic (exact) mass is 217 g/mol. The van der Waals surface area contributed by atoms with Crippen molar-refractivity contribution in [2.24, 2.45) is 0 Å². The average Bonchev–Trinajstić information content (AvgIpc) is 1.99. The van der Waals surface area contributed by atoms with E-state index in [4.69, 9.17) is 0 Å². The van der Waals surface area contributed by atoms with Crippen molar-refractivity contribution in [2.45, 2.75) is 19.8 Å². The predicted octanol–water partition coefficient (Wildman–Crippen LogP) is 2.84. The van der Waals surface area contributed by atoms with Crippen LogP contribution in [0.2, 0.25) is 0 Å². The summed E-state index contributed by atoms with van der Waals surface area (Å²) in [6, 6.07) is 0. The fraction of sp³-hybridized carbons (Fsp3) is 0.556. The van der Waals surface area contributed by atoms with Gasteiger partial charge in [0.15, 0.2) is 0 Å². The molecule has 1 nitrogen and oxygen atoms in total. The van der Waals surface area contributed by atoms with Crippen molar-refractivity contribution in [3.05, 3.63) is 22.7 Å². The third-order valence-electron chi connectivity index (χ3n) is 1.24. The van der Waals surface area contributed by atoms with Crippen molar-refractivity contribution in [2.75, 3.05) is 13.6 Å². The van der Waals surface area contributed by atoms with Crippen LogP contribution in [0.5, 0.6) is 0 Å². The van der Waals surface area contributed by atoms with E-state index in [1.54, 1.807) is 0 Å². The normalized spacial score (nSPS) is 12.8. The zero-order valence-corrected chi connectivity index (χ0v) is 8.82. The van der Waals surface area contributed by atoms with Crippen LogP contribution in [0.1, 0.15) is 19.8 Å². The first kappa shape index (κ1) is 10.9. The molecule has 0 unspecified atom stereocenters. The Morgan fingerprint density at radius 2 is 2.27 bits per heavy atom. The Labute approximate surface area is 77.7 Å². The maximum absolute atomic E-state index is 3.44. The van der Waals surface area contributed by atoms with Crippen LogP contribution in [0.25, 0.3) is 0 Å². The van der Waals surface area contributed by atoms with Crippen LogP contribution < -0.4 is 5.32 Å². The number of hydrogen-bond acceptors (Lipinski definition) is 1. The van der Waals surface area contributed by atoms with Crippen molar-refractivity contribution in [1.82, 2.24) is 5.32 Å². The fourth-order valence-electron chi connectivity index (χ4n) is 0.687. The van der Waals surface area contributed by atoms with Crippen molar-refractivity contribution >= 4 is 15.9 Å². The summed E-state index contributed by atoms with van der Waals surface area (Å²) in [5.41, 5.74) is 0. The molecule has 0 bridgehead atoms. The SMILES string of the molecule is CC/C=C(Br)\C=C/CCNC. The van der Waals surface area contributed by atoms with Gasteiger partial charge in [-0.1, -0.05) is 41.1 Å². The van der Waals surface area contributed by atoms with E-state index in [2.05, 4.69) is 46.4 Å². The number of rotatable bonds is 5. The van der Waals surface area contributed by atoms with Crippen molar-refractivity contribution < 1.29 is 0 Å². The van der Waals surface area contributed by atoms with Gasteiger partial charge < -0.3 is 5.32 Å². The molecule has 0 aromatic carbocycles. The minimum absolute atomic E-state index is 1.04. The lowest BCUT2D eigenvalue weighted by Crippen LogP contribution is -2.05. The van der Waals surface area contributed by atoms with E-state index in [0.29, 0.717) is 0 Å². The van der Waals surface area contributed by atoms with Gasteiger partial charge in [-0.25, -0.2) is 0 Å². The third-order valence-corrected chi connectivity index (χ3v) is 1.83. The molecule has 0 aliphatic rings. The van der Waals surface area contributed by atoms with Gasteiger partial charge in [-0.05, 0) is 26.4 Å². The van der Waals surface area contributed by atoms with Gasteiger partial charge in [0.1, 0.15) is 0 Å². The van der Waals surface area contributed by atoms with Crippen LogP contribution in [0, 0.1) is 0 Å². The molecule has 0 saturated heterocycles. The van der Waals surface area contributed by atoms with Crippen molar-refractivity contribution in [3.8, 4) is 0 Å². The summed E-state index contributed by atoms with van der Waals surface area (Å²) >= 11 is 3.44. The van der Waals surface area contributed by atoms with Crippen molar-refractivity contribution in [1.29, 1.82) is 0 Å². The second kappa shape index (κ2) is 8.02. The van der Waals surface area contributed by atoms with Gasteiger partial charge in [-0.2, -0.15) is 0 Å². The fourth-order valence-corrected chi connectivity index (χ4v) is 1.20. The van der Waals surface area contributed by atoms with Crippen LogP contribution in [-0.2, 0) is 0 Å². The molecule has 0 fully saturated rings. The standard InChI is InChI=1S/C9H16BrN/c1-3-6-9(10)7-4-5-8-11-2/h4,6-7,11H,3,5,8H2,1-2H3/b7-4-,9-6+. The van der Waals surface area contributed by atoms with E-state index in [1.807, 2.05) is 7.05 Å². The minimum atomic E-state index is 1.04. The van der Waals surface area contributed by atoms with E-state index in [0.717, 1.165) is 19.4 Å². The highest BCUT2D eigenvalue weighted by molar-refractivity contribution is 9.11. The molecule has 0 saturated carbocycles. The second-order valence-corrected chi connectivity index (χ2v) is 3.21. The van der Waals surface area contributed by atoms with Gasteiger partial charge in [-0.15, -0.1) is 0 Å². The van der Waals surface area contributed by atoms with Crippen LogP contribution in [-0.4, -0.2) is 13.6 Å². The van der Waals surface area contributed by atoms with Crippen LogP contribution >= 0.6 is 15.9 Å². The Morgan fingerprint density at radius 1 is 1.55 bits per heavy atom. The van der Waals surface area contributed by atoms with Gasteiger partial charge >= 0.3 is 0 Å². The molecule has 0 rings (SSSR count). The molecule has 11 heavy (non-hydrogen) atoms. The molecule has 0 aromatic heterocycles. The highest BCUT2D eigenvalue weighted by Gasteiger charge is 1.81. The molecule has 64 valence electrons. The highest BCUT2D eigenvalue weighted by Crippen LogP contribution is 2.07. The van der Waals surface area contributed by atoms with Gasteiger partial charge in [0, 0.05) is 4.48 Å². The van der Waals surface area contributed by atoms with E-state index in [-0.39, 0.29) is 0 Å². The zero-order chi connectivity index (χ0) is 8.53. The Bertz CT molecular complexity index is 138. The lowest BCUT2D eigenvalue weighted by Gasteiger charge is -1.91. The highest BCUT2D eigenvalue weighted by atomic mass is 79.9. The molecule has 0 spiro atoms. The molecule has 0 amide bonds. The Hall–Kier alpha value is -0.0800. The van der Waals surface area contributed by atoms with Crippen LogP contribution in [0.15, 0.2) is 22.7 Å². The summed E-state index contributed by atoms with van der Waals surface area (Å²) in [5.74, 6) is 0. The molecule has 0 aromatic rings.